The Kier molecular flexibility index (Phi) is 4.69. The highest BCUT2D eigenvalue weighted by molar-refractivity contribution is 7.89. The third kappa shape index (κ3) is 3.51. The van der Waals surface area contributed by atoms with E-state index in [1.165, 1.54) is 18.3 Å². The predicted molar refractivity (Wildman–Crippen MR) is 78.7 cm³/mol. The van der Waals surface area contributed by atoms with E-state index >= 15 is 0 Å². The lowest BCUT2D eigenvalue weighted by molar-refractivity contribution is 0.120. The number of thiocarbonyl (C=S) groups is 1. The van der Waals surface area contributed by atoms with Crippen LogP contribution >= 0.6 is 12.2 Å². The zero-order valence-electron chi connectivity index (χ0n) is 10.8. The topological polar surface area (TPSA) is 105 Å². The lowest BCUT2D eigenvalue weighted by Crippen LogP contribution is -2.39. The van der Waals surface area contributed by atoms with Crippen LogP contribution in [0.3, 0.4) is 0 Å². The van der Waals surface area contributed by atoms with Gasteiger partial charge in [-0.2, -0.15) is 0 Å². The number of aliphatic hydroxyl groups excluding tert-OH is 1. The first-order valence-corrected chi connectivity index (χ1v) is 8.24. The third-order valence-corrected chi connectivity index (χ3v) is 5.06. The number of sulfonamides is 1. The maximum Gasteiger partial charge on any atom is 0.243 e. The van der Waals surface area contributed by atoms with Gasteiger partial charge in [0.25, 0.3) is 0 Å². The molecule has 0 unspecified atom stereocenters. The van der Waals surface area contributed by atoms with Crippen LogP contribution in [-0.2, 0) is 10.0 Å². The number of nitrogens with one attached hydrogen (secondary N) is 1. The first-order valence-electron chi connectivity index (χ1n) is 6.35. The van der Waals surface area contributed by atoms with Crippen LogP contribution in [0.15, 0.2) is 23.2 Å². The van der Waals surface area contributed by atoms with Gasteiger partial charge in [0.1, 0.15) is 15.6 Å². The van der Waals surface area contributed by atoms with E-state index < -0.39 is 10.0 Å². The normalized spacial score (nSPS) is 23.4. The van der Waals surface area contributed by atoms with Gasteiger partial charge in [0.15, 0.2) is 0 Å². The van der Waals surface area contributed by atoms with E-state index in [0.717, 1.165) is 0 Å². The van der Waals surface area contributed by atoms with Gasteiger partial charge in [0, 0.05) is 12.2 Å². The van der Waals surface area contributed by atoms with E-state index in [2.05, 4.69) is 9.71 Å². The van der Waals surface area contributed by atoms with Crippen LogP contribution in [0, 0.1) is 0 Å². The molecule has 6 nitrogen and oxygen atoms in total. The molecule has 0 saturated heterocycles. The molecule has 0 spiro atoms. The Hall–Kier alpha value is -1.09. The molecule has 0 aliphatic heterocycles. The summed E-state index contributed by atoms with van der Waals surface area (Å²) in [6.07, 6.45) is 3.54. The number of nitrogens with zero attached hydrogens (tertiary/aromatic N) is 1. The van der Waals surface area contributed by atoms with Crippen LogP contribution in [-0.4, -0.2) is 35.6 Å². The summed E-state index contributed by atoms with van der Waals surface area (Å²) in [7, 11) is -3.71. The SMILES string of the molecule is NC(=S)c1ncccc1S(=O)(=O)NC1CCC(O)CC1. The fourth-order valence-electron chi connectivity index (χ4n) is 2.27. The van der Waals surface area contributed by atoms with E-state index in [9.17, 15) is 13.5 Å². The molecule has 8 heteroatoms. The van der Waals surface area contributed by atoms with Gasteiger partial charge in [-0.1, -0.05) is 12.2 Å². The van der Waals surface area contributed by atoms with E-state index in [0.29, 0.717) is 25.7 Å². The average Bonchev–Trinajstić information content (AvgIpc) is 2.41. The molecule has 4 N–H and O–H groups in total. The molecule has 1 heterocycles. The second-order valence-electron chi connectivity index (χ2n) is 4.84. The minimum Gasteiger partial charge on any atom is -0.393 e. The number of nitrogens with two attached hydrogens (primary N) is 1. The lowest BCUT2D eigenvalue weighted by Gasteiger charge is -2.26. The second-order valence-corrected chi connectivity index (χ2v) is 6.96. The van der Waals surface area contributed by atoms with Crippen molar-refractivity contribution < 1.29 is 13.5 Å². The van der Waals surface area contributed by atoms with Gasteiger partial charge in [-0.15, -0.1) is 0 Å². The lowest BCUT2D eigenvalue weighted by atomic mass is 9.94. The van der Waals surface area contributed by atoms with Crippen molar-refractivity contribution in [2.75, 3.05) is 0 Å². The summed E-state index contributed by atoms with van der Waals surface area (Å²) in [6.45, 7) is 0. The zero-order chi connectivity index (χ0) is 14.8. The molecule has 1 fully saturated rings. The maximum absolute atomic E-state index is 12.4. The van der Waals surface area contributed by atoms with Crippen LogP contribution in [0.25, 0.3) is 0 Å². The smallest absolute Gasteiger partial charge is 0.243 e. The van der Waals surface area contributed by atoms with Gasteiger partial charge in [0.05, 0.1) is 6.10 Å². The van der Waals surface area contributed by atoms with Crippen molar-refractivity contribution in [1.82, 2.24) is 9.71 Å². The van der Waals surface area contributed by atoms with Gasteiger partial charge in [-0.25, -0.2) is 13.1 Å². The molecular weight excluding hydrogens is 298 g/mol. The van der Waals surface area contributed by atoms with Crippen molar-refractivity contribution in [3.8, 4) is 0 Å². The second kappa shape index (κ2) is 6.13. The van der Waals surface area contributed by atoms with Crippen molar-refractivity contribution in [3.63, 3.8) is 0 Å². The van der Waals surface area contributed by atoms with Crippen molar-refractivity contribution in [1.29, 1.82) is 0 Å². The molecule has 1 saturated carbocycles. The van der Waals surface area contributed by atoms with Gasteiger partial charge < -0.3 is 10.8 Å². The summed E-state index contributed by atoms with van der Waals surface area (Å²) in [5.41, 5.74) is 5.61. The Balaban J connectivity index is 2.21. The Bertz CT molecular complexity index is 596. The third-order valence-electron chi connectivity index (χ3n) is 3.31. The number of rotatable bonds is 4. The Morgan fingerprint density at radius 1 is 1.40 bits per heavy atom. The molecule has 0 atom stereocenters. The van der Waals surface area contributed by atoms with E-state index in [1.54, 1.807) is 0 Å². The quantitative estimate of drug-likeness (QED) is 0.690. The zero-order valence-corrected chi connectivity index (χ0v) is 12.5. The molecule has 2 rings (SSSR count). The molecule has 1 aliphatic carbocycles. The fraction of sp³-hybridized carbons (Fsp3) is 0.500. The van der Waals surface area contributed by atoms with E-state index in [1.807, 2.05) is 0 Å². The summed E-state index contributed by atoms with van der Waals surface area (Å²) >= 11 is 4.83. The predicted octanol–water partition coefficient (Wildman–Crippen LogP) is 0.298. The Morgan fingerprint density at radius 2 is 2.05 bits per heavy atom. The molecule has 0 bridgehead atoms. The van der Waals surface area contributed by atoms with Gasteiger partial charge >= 0.3 is 0 Å². The molecule has 0 aromatic carbocycles. The van der Waals surface area contributed by atoms with Crippen LogP contribution in [0.4, 0.5) is 0 Å². The molecule has 1 aromatic rings. The number of aliphatic hydroxyl groups is 1. The van der Waals surface area contributed by atoms with Gasteiger partial charge in [-0.05, 0) is 37.8 Å². The number of aromatic nitrogens is 1. The molecular formula is C12H17N3O3S2. The van der Waals surface area contributed by atoms with Crippen LogP contribution < -0.4 is 10.5 Å². The van der Waals surface area contributed by atoms with Gasteiger partial charge in [0.2, 0.25) is 10.0 Å². The molecule has 1 aromatic heterocycles. The van der Waals surface area contributed by atoms with Crippen molar-refractivity contribution in [2.24, 2.45) is 5.73 Å². The number of hydrogen-bond donors (Lipinski definition) is 3. The van der Waals surface area contributed by atoms with Crippen LogP contribution in [0.2, 0.25) is 0 Å². The first-order chi connectivity index (χ1) is 9.40. The highest BCUT2D eigenvalue weighted by Crippen LogP contribution is 2.21. The summed E-state index contributed by atoms with van der Waals surface area (Å²) < 4.78 is 27.4. The Labute approximate surface area is 123 Å². The number of pyridine rings is 1. The monoisotopic (exact) mass is 315 g/mol. The molecule has 0 amide bonds. The summed E-state index contributed by atoms with van der Waals surface area (Å²) in [6, 6.07) is 2.78. The van der Waals surface area contributed by atoms with Crippen LogP contribution in [0.1, 0.15) is 31.4 Å². The maximum atomic E-state index is 12.4. The summed E-state index contributed by atoms with van der Waals surface area (Å²) in [5.74, 6) is 0. The highest BCUT2D eigenvalue weighted by Gasteiger charge is 2.27. The fourth-order valence-corrected chi connectivity index (χ4v) is 3.97. The molecule has 0 radical (unpaired) electrons. The minimum atomic E-state index is -3.71. The molecule has 110 valence electrons. The molecule has 20 heavy (non-hydrogen) atoms. The van der Waals surface area contributed by atoms with Crippen LogP contribution in [0.5, 0.6) is 0 Å². The van der Waals surface area contributed by atoms with E-state index in [4.69, 9.17) is 18.0 Å². The van der Waals surface area contributed by atoms with Crippen molar-refractivity contribution in [2.45, 2.75) is 42.7 Å². The van der Waals surface area contributed by atoms with Crippen molar-refractivity contribution >= 4 is 27.2 Å². The average molecular weight is 315 g/mol. The van der Waals surface area contributed by atoms with Gasteiger partial charge in [-0.3, -0.25) is 4.98 Å². The largest absolute Gasteiger partial charge is 0.393 e. The van der Waals surface area contributed by atoms with Crippen molar-refractivity contribution in [3.05, 3.63) is 24.0 Å². The summed E-state index contributed by atoms with van der Waals surface area (Å²) in [5, 5.41) is 9.44. The standard InChI is InChI=1S/C12H17N3O3S2/c13-12(19)11-10(2-1-7-14-11)20(17,18)15-8-3-5-9(16)6-4-8/h1-2,7-9,15-16H,3-6H2,(H2,13,19). The first kappa shape index (κ1) is 15.3. The Morgan fingerprint density at radius 3 is 2.65 bits per heavy atom. The van der Waals surface area contributed by atoms with E-state index in [-0.39, 0.29) is 27.7 Å². The number of hydrogen-bond acceptors (Lipinski definition) is 5. The molecule has 1 aliphatic rings. The summed E-state index contributed by atoms with van der Waals surface area (Å²) in [4.78, 5) is 3.87. The minimum absolute atomic E-state index is 0.00128. The highest BCUT2D eigenvalue weighted by atomic mass is 32.2.